The van der Waals surface area contributed by atoms with Gasteiger partial charge in [-0.3, -0.25) is 0 Å². The van der Waals surface area contributed by atoms with Gasteiger partial charge in [-0.15, -0.1) is 0 Å². The lowest BCUT2D eigenvalue weighted by Crippen LogP contribution is -2.09. The molecule has 19 heavy (non-hydrogen) atoms. The van der Waals surface area contributed by atoms with Gasteiger partial charge < -0.3 is 15.4 Å². The Kier molecular flexibility index (Phi) is 4.02. The van der Waals surface area contributed by atoms with Gasteiger partial charge in [-0.25, -0.2) is 4.98 Å². The first-order chi connectivity index (χ1) is 9.08. The van der Waals surface area contributed by atoms with Crippen molar-refractivity contribution in [3.05, 3.63) is 48.2 Å². The predicted molar refractivity (Wildman–Crippen MR) is 77.7 cm³/mol. The first-order valence-electron chi connectivity index (χ1n) is 6.23. The second-order valence-electron chi connectivity index (χ2n) is 4.68. The van der Waals surface area contributed by atoms with E-state index in [9.17, 15) is 0 Å². The van der Waals surface area contributed by atoms with E-state index in [1.807, 2.05) is 62.3 Å². The van der Waals surface area contributed by atoms with Crippen LogP contribution in [0, 0.1) is 0 Å². The van der Waals surface area contributed by atoms with Crippen molar-refractivity contribution in [1.82, 2.24) is 4.98 Å². The Morgan fingerprint density at radius 3 is 2.68 bits per heavy atom. The van der Waals surface area contributed by atoms with Crippen LogP contribution >= 0.6 is 0 Å². The fourth-order valence-electron chi connectivity index (χ4n) is 1.77. The lowest BCUT2D eigenvalue weighted by Gasteiger charge is -2.15. The predicted octanol–water partition coefficient (Wildman–Crippen LogP) is 2.96. The number of rotatable bonds is 4. The first kappa shape index (κ1) is 13.4. The summed E-state index contributed by atoms with van der Waals surface area (Å²) in [5.74, 6) is 1.32. The molecule has 1 atom stereocenters. The van der Waals surface area contributed by atoms with Crippen molar-refractivity contribution in [1.29, 1.82) is 0 Å². The number of pyridine rings is 1. The molecule has 0 fully saturated rings. The monoisotopic (exact) mass is 257 g/mol. The summed E-state index contributed by atoms with van der Waals surface area (Å²) < 4.78 is 5.84. The fourth-order valence-corrected chi connectivity index (χ4v) is 1.77. The molecule has 1 aromatic heterocycles. The van der Waals surface area contributed by atoms with Gasteiger partial charge in [0.2, 0.25) is 5.88 Å². The van der Waals surface area contributed by atoms with E-state index in [0.29, 0.717) is 5.88 Å². The quantitative estimate of drug-likeness (QED) is 0.915. The number of hydrogen-bond acceptors (Lipinski definition) is 4. The Bertz CT molecular complexity index is 553. The maximum absolute atomic E-state index is 5.92. The van der Waals surface area contributed by atoms with Crippen molar-refractivity contribution in [2.24, 2.45) is 5.73 Å². The molecule has 0 amide bonds. The molecule has 0 saturated carbocycles. The second-order valence-corrected chi connectivity index (χ2v) is 4.68. The minimum Gasteiger partial charge on any atom is -0.439 e. The van der Waals surface area contributed by atoms with E-state index in [1.54, 1.807) is 6.20 Å². The third-order valence-corrected chi connectivity index (χ3v) is 2.84. The molecule has 4 heteroatoms. The highest BCUT2D eigenvalue weighted by molar-refractivity contribution is 5.50. The lowest BCUT2D eigenvalue weighted by atomic mass is 10.1. The van der Waals surface area contributed by atoms with Crippen molar-refractivity contribution in [3.8, 4) is 11.6 Å². The highest BCUT2D eigenvalue weighted by Gasteiger charge is 2.10. The maximum atomic E-state index is 5.92. The molecule has 0 bridgehead atoms. The Labute approximate surface area is 113 Å². The molecule has 2 rings (SSSR count). The van der Waals surface area contributed by atoms with Crippen LogP contribution in [0.15, 0.2) is 42.6 Å². The molecule has 0 unspecified atom stereocenters. The molecule has 2 N–H and O–H groups in total. The number of hydrogen-bond donors (Lipinski definition) is 1. The number of nitrogens with two attached hydrogens (primary N) is 1. The third-order valence-electron chi connectivity index (χ3n) is 2.84. The normalized spacial score (nSPS) is 12.0. The van der Waals surface area contributed by atoms with Crippen molar-refractivity contribution in [3.63, 3.8) is 0 Å². The average Bonchev–Trinajstić information content (AvgIpc) is 2.39. The summed E-state index contributed by atoms with van der Waals surface area (Å²) in [5, 5.41) is 0. The molecule has 0 spiro atoms. The van der Waals surface area contributed by atoms with Crippen LogP contribution in [-0.2, 0) is 0 Å². The molecule has 1 aromatic carbocycles. The number of ether oxygens (including phenoxy) is 1. The fraction of sp³-hybridized carbons (Fsp3) is 0.267. The van der Waals surface area contributed by atoms with Crippen LogP contribution < -0.4 is 15.4 Å². The SMILES string of the molecule is C[C@@H](N)c1cccnc1Oc1cccc(N(C)C)c1. The molecule has 0 aliphatic carbocycles. The van der Waals surface area contributed by atoms with Crippen LogP contribution in [0.25, 0.3) is 0 Å². The largest absolute Gasteiger partial charge is 0.439 e. The van der Waals surface area contributed by atoms with Gasteiger partial charge in [0.15, 0.2) is 0 Å². The van der Waals surface area contributed by atoms with E-state index < -0.39 is 0 Å². The van der Waals surface area contributed by atoms with E-state index in [4.69, 9.17) is 10.5 Å². The third kappa shape index (κ3) is 3.23. The summed E-state index contributed by atoms with van der Waals surface area (Å²) >= 11 is 0. The van der Waals surface area contributed by atoms with Crippen molar-refractivity contribution in [2.45, 2.75) is 13.0 Å². The molecule has 0 aliphatic rings. The minimum atomic E-state index is -0.110. The maximum Gasteiger partial charge on any atom is 0.223 e. The van der Waals surface area contributed by atoms with Crippen LogP contribution in [0.2, 0.25) is 0 Å². The second kappa shape index (κ2) is 5.71. The molecule has 2 aromatic rings. The van der Waals surface area contributed by atoms with Gasteiger partial charge in [0, 0.05) is 43.7 Å². The molecule has 4 nitrogen and oxygen atoms in total. The highest BCUT2D eigenvalue weighted by Crippen LogP contribution is 2.28. The van der Waals surface area contributed by atoms with Gasteiger partial charge >= 0.3 is 0 Å². The van der Waals surface area contributed by atoms with Crippen LogP contribution in [0.5, 0.6) is 11.6 Å². The zero-order chi connectivity index (χ0) is 13.8. The summed E-state index contributed by atoms with van der Waals surface area (Å²) in [6.45, 7) is 1.92. The van der Waals surface area contributed by atoms with E-state index >= 15 is 0 Å². The molecular weight excluding hydrogens is 238 g/mol. The van der Waals surface area contributed by atoms with Crippen molar-refractivity contribution < 1.29 is 4.74 Å². The van der Waals surface area contributed by atoms with Gasteiger partial charge in [0.25, 0.3) is 0 Å². The summed E-state index contributed by atoms with van der Waals surface area (Å²) in [7, 11) is 3.99. The zero-order valence-electron chi connectivity index (χ0n) is 11.5. The number of benzene rings is 1. The van der Waals surface area contributed by atoms with Crippen LogP contribution in [-0.4, -0.2) is 19.1 Å². The molecule has 1 heterocycles. The van der Waals surface area contributed by atoms with Crippen molar-refractivity contribution in [2.75, 3.05) is 19.0 Å². The van der Waals surface area contributed by atoms with E-state index in [1.165, 1.54) is 0 Å². The topological polar surface area (TPSA) is 51.4 Å². The van der Waals surface area contributed by atoms with Gasteiger partial charge in [-0.2, -0.15) is 0 Å². The minimum absolute atomic E-state index is 0.110. The van der Waals surface area contributed by atoms with Gasteiger partial charge in [0.05, 0.1) is 0 Å². The Morgan fingerprint density at radius 2 is 2.00 bits per heavy atom. The summed E-state index contributed by atoms with van der Waals surface area (Å²) in [6, 6.07) is 11.6. The summed E-state index contributed by atoms with van der Waals surface area (Å²) in [6.07, 6.45) is 1.71. The zero-order valence-corrected chi connectivity index (χ0v) is 11.5. The van der Waals surface area contributed by atoms with E-state index in [0.717, 1.165) is 17.0 Å². The van der Waals surface area contributed by atoms with Crippen LogP contribution in [0.3, 0.4) is 0 Å². The van der Waals surface area contributed by atoms with Gasteiger partial charge in [-0.1, -0.05) is 12.1 Å². The Balaban J connectivity index is 2.29. The summed E-state index contributed by atoms with van der Waals surface area (Å²) in [5.41, 5.74) is 7.90. The molecule has 0 radical (unpaired) electrons. The Hall–Kier alpha value is -2.07. The van der Waals surface area contributed by atoms with E-state index in [2.05, 4.69) is 4.98 Å². The molecule has 100 valence electrons. The average molecular weight is 257 g/mol. The van der Waals surface area contributed by atoms with Crippen LogP contribution in [0.1, 0.15) is 18.5 Å². The highest BCUT2D eigenvalue weighted by atomic mass is 16.5. The van der Waals surface area contributed by atoms with Gasteiger partial charge in [-0.05, 0) is 25.1 Å². The molecule has 0 saturated heterocycles. The number of nitrogens with zero attached hydrogens (tertiary/aromatic N) is 2. The lowest BCUT2D eigenvalue weighted by molar-refractivity contribution is 0.452. The van der Waals surface area contributed by atoms with E-state index in [-0.39, 0.29) is 6.04 Å². The first-order valence-corrected chi connectivity index (χ1v) is 6.23. The van der Waals surface area contributed by atoms with Crippen LogP contribution in [0.4, 0.5) is 5.69 Å². The Morgan fingerprint density at radius 1 is 1.21 bits per heavy atom. The van der Waals surface area contributed by atoms with Crippen molar-refractivity contribution >= 4 is 5.69 Å². The number of anilines is 1. The summed E-state index contributed by atoms with van der Waals surface area (Å²) in [4.78, 5) is 6.28. The molecular formula is C15H19N3O. The molecule has 0 aliphatic heterocycles. The van der Waals surface area contributed by atoms with Gasteiger partial charge in [0.1, 0.15) is 5.75 Å². The smallest absolute Gasteiger partial charge is 0.223 e. The number of aromatic nitrogens is 1. The standard InChI is InChI=1S/C15H19N3O/c1-11(16)14-8-5-9-17-15(14)19-13-7-4-6-12(10-13)18(2)3/h4-11H,16H2,1-3H3/t11-/m1/s1.